The molecule has 0 unspecified atom stereocenters. The molecule has 0 aliphatic carbocycles. The fourth-order valence-electron chi connectivity index (χ4n) is 4.33. The number of carbonyl (C=O) groups is 4. The minimum Gasteiger partial charge on any atom is -0.475 e. The maximum absolute atomic E-state index is 13.6. The number of alkyl halides is 6. The lowest BCUT2D eigenvalue weighted by Crippen LogP contribution is -2.57. The van der Waals surface area contributed by atoms with Gasteiger partial charge in [0.2, 0.25) is 14.8 Å². The van der Waals surface area contributed by atoms with E-state index in [0.29, 0.717) is 36.7 Å². The van der Waals surface area contributed by atoms with Crippen LogP contribution in [-0.2, 0) is 29.7 Å². The zero-order valence-electron chi connectivity index (χ0n) is 29.9. The standard InChI is InChI=1S/C27H38N8O6S2.2C2HF3O2/c1-33-14-16-34(17-15-33)27(37)32-24(18-20-6-3-2-4-7-20)25(36)31-21(8-5-13-30-26(28)29)19-42-43(40,41)23-11-9-22(10-12-23)35(38)39;2*3-2(4,5)1(6)7/h2-4,6-7,9-12,21,24H,5,8,13-19H2,1H3,(H,31,36)(H,32,37)(H4,28,29,30);2*(H,6,7)/t21-,24-;;/m0../s1. The van der Waals surface area contributed by atoms with Gasteiger partial charge in [0.15, 0.2) is 5.96 Å². The first-order valence-corrected chi connectivity index (χ1v) is 19.2. The summed E-state index contributed by atoms with van der Waals surface area (Å²) in [4.78, 5) is 62.5. The van der Waals surface area contributed by atoms with Crippen LogP contribution in [0.5, 0.6) is 0 Å². The predicted octanol–water partition coefficient (Wildman–Crippen LogP) is 2.39. The Morgan fingerprint density at radius 3 is 1.88 bits per heavy atom. The van der Waals surface area contributed by atoms with Crippen LogP contribution in [0.3, 0.4) is 0 Å². The number of nitro benzene ring substituents is 1. The summed E-state index contributed by atoms with van der Waals surface area (Å²) in [5, 5.41) is 31.0. The molecule has 0 aromatic heterocycles. The minimum absolute atomic E-state index is 0.0165. The molecule has 1 saturated heterocycles. The SMILES string of the molecule is CN1CCN(C(=O)N[C@@H](Cc2ccccc2)C(=O)N[C@@H](CCCN=C(N)N)CSS(=O)(=O)c2ccc([N+](=O)[O-])cc2)CC1.O=C(O)C(F)(F)F.O=C(O)C(F)(F)F. The van der Waals surface area contributed by atoms with E-state index in [2.05, 4.69) is 20.5 Å². The van der Waals surface area contributed by atoms with E-state index >= 15 is 0 Å². The molecule has 1 fully saturated rings. The zero-order valence-corrected chi connectivity index (χ0v) is 31.5. The molecule has 18 nitrogen and oxygen atoms in total. The number of carboxylic acid groups (broad SMARTS) is 2. The summed E-state index contributed by atoms with van der Waals surface area (Å²) in [6.45, 7) is 2.80. The van der Waals surface area contributed by atoms with E-state index in [1.54, 1.807) is 4.90 Å². The van der Waals surface area contributed by atoms with Crippen molar-refractivity contribution in [2.45, 2.75) is 48.6 Å². The fraction of sp³-hybridized carbons (Fsp3) is 0.452. The van der Waals surface area contributed by atoms with Gasteiger partial charge in [0.05, 0.1) is 9.82 Å². The molecule has 0 radical (unpaired) electrons. The molecular formula is C31H40F6N8O10S2. The van der Waals surface area contributed by atoms with E-state index in [0.717, 1.165) is 30.8 Å². The lowest BCUT2D eigenvalue weighted by Gasteiger charge is -2.33. The average Bonchev–Trinajstić information content (AvgIpc) is 3.12. The van der Waals surface area contributed by atoms with Crippen LogP contribution >= 0.6 is 10.8 Å². The summed E-state index contributed by atoms with van der Waals surface area (Å²) < 4.78 is 89.5. The number of nitro groups is 1. The van der Waals surface area contributed by atoms with E-state index in [-0.39, 0.29) is 41.3 Å². The highest BCUT2D eigenvalue weighted by Crippen LogP contribution is 2.26. The normalized spacial score (nSPS) is 14.3. The third-order valence-electron chi connectivity index (χ3n) is 7.28. The molecule has 3 amide bonds. The Morgan fingerprint density at radius 1 is 0.912 bits per heavy atom. The minimum atomic E-state index is -5.08. The number of hydrogen-bond donors (Lipinski definition) is 6. The third kappa shape index (κ3) is 19.9. The first kappa shape index (κ1) is 49.6. The van der Waals surface area contributed by atoms with Crippen LogP contribution < -0.4 is 22.1 Å². The van der Waals surface area contributed by atoms with Gasteiger partial charge >= 0.3 is 30.3 Å². The smallest absolute Gasteiger partial charge is 0.475 e. The molecule has 1 aliphatic heterocycles. The number of piperazine rings is 1. The highest BCUT2D eigenvalue weighted by molar-refractivity contribution is 8.72. The number of rotatable bonds is 14. The number of aliphatic imine (C=N–C) groups is 1. The lowest BCUT2D eigenvalue weighted by atomic mass is 10.0. The van der Waals surface area contributed by atoms with Crippen LogP contribution in [0.15, 0.2) is 64.5 Å². The van der Waals surface area contributed by atoms with E-state index in [9.17, 15) is 54.5 Å². The number of hydrogen-bond acceptors (Lipinski definition) is 11. The van der Waals surface area contributed by atoms with Crippen LogP contribution in [0.4, 0.5) is 36.8 Å². The second kappa shape index (κ2) is 23.0. The molecule has 0 spiro atoms. The predicted molar refractivity (Wildman–Crippen MR) is 193 cm³/mol. The largest absolute Gasteiger partial charge is 0.490 e. The number of non-ortho nitro benzene ring substituents is 1. The summed E-state index contributed by atoms with van der Waals surface area (Å²) in [5.74, 6) is -6.06. The average molecular weight is 863 g/mol. The molecule has 2 aromatic rings. The first-order valence-electron chi connectivity index (χ1n) is 16.2. The number of amides is 3. The van der Waals surface area contributed by atoms with Gasteiger partial charge in [-0.25, -0.2) is 22.8 Å². The number of aliphatic carboxylic acids is 2. The molecule has 57 heavy (non-hydrogen) atoms. The van der Waals surface area contributed by atoms with Crippen molar-refractivity contribution in [2.24, 2.45) is 16.5 Å². The van der Waals surface area contributed by atoms with Gasteiger partial charge in [0, 0.05) is 63.1 Å². The maximum atomic E-state index is 13.6. The van der Waals surface area contributed by atoms with Gasteiger partial charge in [-0.2, -0.15) is 26.3 Å². The number of halogens is 6. The molecule has 318 valence electrons. The number of nitrogens with two attached hydrogens (primary N) is 2. The number of guanidine groups is 1. The summed E-state index contributed by atoms with van der Waals surface area (Å²) in [7, 11) is -1.29. The van der Waals surface area contributed by atoms with Gasteiger partial charge in [-0.05, 0) is 48.4 Å². The van der Waals surface area contributed by atoms with E-state index in [4.69, 9.17) is 31.3 Å². The Balaban J connectivity index is 0.000000984. The summed E-state index contributed by atoms with van der Waals surface area (Å²) >= 11 is 0. The van der Waals surface area contributed by atoms with Gasteiger partial charge in [0.25, 0.3) is 5.69 Å². The Kier molecular flexibility index (Phi) is 20.0. The molecule has 3 rings (SSSR count). The first-order chi connectivity index (χ1) is 26.3. The van der Waals surface area contributed by atoms with Crippen molar-refractivity contribution in [2.75, 3.05) is 45.5 Å². The molecule has 1 heterocycles. The Labute approximate surface area is 325 Å². The van der Waals surface area contributed by atoms with Crippen LogP contribution in [-0.4, -0.2) is 133 Å². The third-order valence-corrected chi connectivity index (χ3v) is 10.9. The van der Waals surface area contributed by atoms with E-state index in [1.807, 2.05) is 37.4 Å². The van der Waals surface area contributed by atoms with Crippen molar-refractivity contribution in [1.29, 1.82) is 0 Å². The van der Waals surface area contributed by atoms with Gasteiger partial charge in [0.1, 0.15) is 6.04 Å². The zero-order chi connectivity index (χ0) is 43.6. The van der Waals surface area contributed by atoms with Crippen molar-refractivity contribution in [3.05, 3.63) is 70.3 Å². The van der Waals surface area contributed by atoms with Gasteiger partial charge in [-0.1, -0.05) is 30.3 Å². The van der Waals surface area contributed by atoms with Crippen molar-refractivity contribution >= 4 is 55.2 Å². The van der Waals surface area contributed by atoms with E-state index in [1.165, 1.54) is 12.1 Å². The number of nitrogens with one attached hydrogen (secondary N) is 2. The Bertz CT molecular complexity index is 1750. The highest BCUT2D eigenvalue weighted by Gasteiger charge is 2.39. The molecule has 0 bridgehead atoms. The van der Waals surface area contributed by atoms with Crippen molar-refractivity contribution in [3.8, 4) is 0 Å². The Hall–Kier alpha value is -5.37. The lowest BCUT2D eigenvalue weighted by molar-refractivity contribution is -0.384. The summed E-state index contributed by atoms with van der Waals surface area (Å²) in [6, 6.07) is 12.0. The second-order valence-corrected chi connectivity index (χ2v) is 15.7. The van der Waals surface area contributed by atoms with Gasteiger partial charge in [-0.3, -0.25) is 19.9 Å². The second-order valence-electron chi connectivity index (χ2n) is 11.7. The number of nitrogens with zero attached hydrogens (tertiary/aromatic N) is 4. The van der Waals surface area contributed by atoms with Crippen LogP contribution in [0, 0.1) is 10.1 Å². The Morgan fingerprint density at radius 2 is 1.42 bits per heavy atom. The number of likely N-dealkylation sites (N-methyl/N-ethyl adjacent to an activating group) is 1. The maximum Gasteiger partial charge on any atom is 0.490 e. The molecule has 8 N–H and O–H groups in total. The highest BCUT2D eigenvalue weighted by atomic mass is 33.1. The number of benzene rings is 2. The monoisotopic (exact) mass is 862 g/mol. The molecule has 26 heteroatoms. The molecule has 2 aromatic carbocycles. The summed E-state index contributed by atoms with van der Waals surface area (Å²) in [6.07, 6.45) is -9.12. The van der Waals surface area contributed by atoms with Crippen molar-refractivity contribution in [3.63, 3.8) is 0 Å². The van der Waals surface area contributed by atoms with Gasteiger partial charge < -0.3 is 42.1 Å². The van der Waals surface area contributed by atoms with Crippen molar-refractivity contribution in [1.82, 2.24) is 20.4 Å². The molecule has 0 saturated carbocycles. The molecular weight excluding hydrogens is 823 g/mol. The van der Waals surface area contributed by atoms with Crippen LogP contribution in [0.2, 0.25) is 0 Å². The molecule has 2 atom stereocenters. The number of urea groups is 1. The van der Waals surface area contributed by atoms with Crippen molar-refractivity contribution < 1.29 is 69.1 Å². The van der Waals surface area contributed by atoms with Crippen LogP contribution in [0.25, 0.3) is 0 Å². The van der Waals surface area contributed by atoms with Gasteiger partial charge in [-0.15, -0.1) is 0 Å². The fourth-order valence-corrected chi connectivity index (χ4v) is 7.30. The quantitative estimate of drug-likeness (QED) is 0.0303. The van der Waals surface area contributed by atoms with E-state index < -0.39 is 56.1 Å². The number of carbonyl (C=O) groups excluding carboxylic acids is 2. The summed E-state index contributed by atoms with van der Waals surface area (Å²) in [5.41, 5.74) is 11.5. The van der Waals surface area contributed by atoms with Crippen LogP contribution in [0.1, 0.15) is 18.4 Å². The molecule has 1 aliphatic rings. The topological polar surface area (TPSA) is 281 Å². The number of carboxylic acids is 2.